The lowest BCUT2D eigenvalue weighted by atomic mass is 10.4. The van der Waals surface area contributed by atoms with E-state index in [0.717, 1.165) is 11.4 Å². The average molecular weight is 191 g/mol. The first-order valence-electron chi connectivity index (χ1n) is 4.40. The van der Waals surface area contributed by atoms with Gasteiger partial charge in [-0.2, -0.15) is 10.2 Å². The number of nitrogens with zero attached hydrogens (tertiary/aromatic N) is 4. The minimum Gasteiger partial charge on any atom is -0.394 e. The van der Waals surface area contributed by atoms with Gasteiger partial charge in [0.15, 0.2) is 5.82 Å². The molecular formula is C9H13N5. The van der Waals surface area contributed by atoms with Gasteiger partial charge in [-0.3, -0.25) is 4.68 Å². The maximum absolute atomic E-state index is 5.81. The SMILES string of the molecule is Cc1cc(C)n(-c2nn(C)cc2N)n1. The van der Waals surface area contributed by atoms with Crippen LogP contribution in [0.4, 0.5) is 5.69 Å². The molecule has 0 aromatic carbocycles. The highest BCUT2D eigenvalue weighted by Gasteiger charge is 2.10. The Morgan fingerprint density at radius 3 is 2.43 bits per heavy atom. The third-order valence-electron chi connectivity index (χ3n) is 2.05. The van der Waals surface area contributed by atoms with Crippen LogP contribution in [0.25, 0.3) is 5.82 Å². The van der Waals surface area contributed by atoms with Crippen molar-refractivity contribution in [2.75, 3.05) is 5.73 Å². The summed E-state index contributed by atoms with van der Waals surface area (Å²) in [5, 5.41) is 8.56. The molecular weight excluding hydrogens is 178 g/mol. The molecule has 5 heteroatoms. The summed E-state index contributed by atoms with van der Waals surface area (Å²) < 4.78 is 3.44. The van der Waals surface area contributed by atoms with E-state index in [1.54, 1.807) is 15.6 Å². The van der Waals surface area contributed by atoms with Crippen molar-refractivity contribution in [1.29, 1.82) is 0 Å². The Balaban J connectivity index is 2.59. The van der Waals surface area contributed by atoms with Gasteiger partial charge in [0.1, 0.15) is 0 Å². The molecule has 2 N–H and O–H groups in total. The highest BCUT2D eigenvalue weighted by Crippen LogP contribution is 2.16. The summed E-state index contributed by atoms with van der Waals surface area (Å²) in [6.07, 6.45) is 1.77. The molecule has 0 bridgehead atoms. The Morgan fingerprint density at radius 2 is 2.00 bits per heavy atom. The van der Waals surface area contributed by atoms with E-state index in [2.05, 4.69) is 10.2 Å². The van der Waals surface area contributed by atoms with Gasteiger partial charge < -0.3 is 5.73 Å². The summed E-state index contributed by atoms with van der Waals surface area (Å²) in [5.41, 5.74) is 8.45. The van der Waals surface area contributed by atoms with Crippen molar-refractivity contribution in [3.63, 3.8) is 0 Å². The van der Waals surface area contributed by atoms with E-state index in [4.69, 9.17) is 5.73 Å². The molecule has 0 aliphatic heterocycles. The number of nitrogen functional groups attached to an aromatic ring is 1. The zero-order valence-electron chi connectivity index (χ0n) is 8.52. The fraction of sp³-hybridized carbons (Fsp3) is 0.333. The molecule has 0 saturated carbocycles. The molecule has 0 spiro atoms. The first-order valence-corrected chi connectivity index (χ1v) is 4.40. The summed E-state index contributed by atoms with van der Waals surface area (Å²) in [6.45, 7) is 3.93. The Kier molecular flexibility index (Phi) is 1.80. The van der Waals surface area contributed by atoms with E-state index < -0.39 is 0 Å². The maximum Gasteiger partial charge on any atom is 0.198 e. The van der Waals surface area contributed by atoms with Crippen molar-refractivity contribution in [3.05, 3.63) is 23.7 Å². The van der Waals surface area contributed by atoms with Crippen LogP contribution < -0.4 is 5.73 Å². The minimum absolute atomic E-state index is 0.638. The zero-order valence-corrected chi connectivity index (χ0v) is 8.52. The summed E-state index contributed by atoms with van der Waals surface area (Å²) in [7, 11) is 1.84. The van der Waals surface area contributed by atoms with Crippen LogP contribution in [0.1, 0.15) is 11.4 Å². The lowest BCUT2D eigenvalue weighted by Gasteiger charge is -1.99. The van der Waals surface area contributed by atoms with E-state index in [0.29, 0.717) is 11.5 Å². The Morgan fingerprint density at radius 1 is 1.29 bits per heavy atom. The summed E-state index contributed by atoms with van der Waals surface area (Å²) in [4.78, 5) is 0. The normalized spacial score (nSPS) is 10.8. The first-order chi connectivity index (χ1) is 6.58. The molecule has 2 aromatic rings. The van der Waals surface area contributed by atoms with Crippen LogP contribution in [0, 0.1) is 13.8 Å². The molecule has 0 aliphatic carbocycles. The molecule has 5 nitrogen and oxygen atoms in total. The number of rotatable bonds is 1. The number of aryl methyl sites for hydroxylation is 3. The smallest absolute Gasteiger partial charge is 0.198 e. The van der Waals surface area contributed by atoms with Crippen molar-refractivity contribution >= 4 is 5.69 Å². The van der Waals surface area contributed by atoms with Gasteiger partial charge in [-0.05, 0) is 19.9 Å². The molecule has 0 unspecified atom stereocenters. The number of hydrogen-bond acceptors (Lipinski definition) is 3. The number of anilines is 1. The maximum atomic E-state index is 5.81. The van der Waals surface area contributed by atoms with E-state index in [1.165, 1.54) is 0 Å². The van der Waals surface area contributed by atoms with Gasteiger partial charge in [-0.25, -0.2) is 4.68 Å². The van der Waals surface area contributed by atoms with Gasteiger partial charge >= 0.3 is 0 Å². The number of nitrogens with two attached hydrogens (primary N) is 1. The molecule has 2 rings (SSSR count). The van der Waals surface area contributed by atoms with Gasteiger partial charge in [0, 0.05) is 18.9 Å². The minimum atomic E-state index is 0.638. The van der Waals surface area contributed by atoms with E-state index in [9.17, 15) is 0 Å². The standard InChI is InChI=1S/C9H13N5/c1-6-4-7(2)14(11-6)9-8(10)5-13(3)12-9/h4-5H,10H2,1-3H3. The highest BCUT2D eigenvalue weighted by atomic mass is 15.4. The summed E-state index contributed by atoms with van der Waals surface area (Å²) in [6, 6.07) is 1.99. The highest BCUT2D eigenvalue weighted by molar-refractivity contribution is 5.51. The monoisotopic (exact) mass is 191 g/mol. The summed E-state index contributed by atoms with van der Waals surface area (Å²) in [5.74, 6) is 0.693. The predicted octanol–water partition coefficient (Wildman–Crippen LogP) is 0.805. The zero-order chi connectivity index (χ0) is 10.3. The van der Waals surface area contributed by atoms with Crippen LogP contribution in [0.5, 0.6) is 0 Å². The molecule has 14 heavy (non-hydrogen) atoms. The van der Waals surface area contributed by atoms with Crippen molar-refractivity contribution in [2.45, 2.75) is 13.8 Å². The average Bonchev–Trinajstić information content (AvgIpc) is 2.55. The largest absolute Gasteiger partial charge is 0.394 e. The molecule has 2 heterocycles. The molecule has 2 aromatic heterocycles. The van der Waals surface area contributed by atoms with Gasteiger partial charge in [-0.15, -0.1) is 0 Å². The number of aromatic nitrogens is 4. The van der Waals surface area contributed by atoms with Crippen LogP contribution in [-0.4, -0.2) is 19.6 Å². The third kappa shape index (κ3) is 1.26. The van der Waals surface area contributed by atoms with Gasteiger partial charge in [0.2, 0.25) is 0 Å². The van der Waals surface area contributed by atoms with Crippen molar-refractivity contribution in [2.24, 2.45) is 7.05 Å². The second-order valence-electron chi connectivity index (χ2n) is 3.42. The Labute approximate surface area is 82.1 Å². The molecule has 0 aliphatic rings. The van der Waals surface area contributed by atoms with E-state index >= 15 is 0 Å². The Hall–Kier alpha value is -1.78. The van der Waals surface area contributed by atoms with Crippen LogP contribution in [-0.2, 0) is 7.05 Å². The van der Waals surface area contributed by atoms with Crippen LogP contribution in [0.2, 0.25) is 0 Å². The molecule has 0 atom stereocenters. The molecule has 74 valence electrons. The van der Waals surface area contributed by atoms with Crippen LogP contribution in [0.15, 0.2) is 12.3 Å². The lowest BCUT2D eigenvalue weighted by Crippen LogP contribution is -2.03. The van der Waals surface area contributed by atoms with Crippen LogP contribution >= 0.6 is 0 Å². The first kappa shape index (κ1) is 8.80. The Bertz CT molecular complexity index is 421. The third-order valence-corrected chi connectivity index (χ3v) is 2.05. The van der Waals surface area contributed by atoms with E-state index in [-0.39, 0.29) is 0 Å². The van der Waals surface area contributed by atoms with E-state index in [1.807, 2.05) is 27.0 Å². The van der Waals surface area contributed by atoms with Gasteiger partial charge in [0.05, 0.1) is 11.4 Å². The fourth-order valence-electron chi connectivity index (χ4n) is 1.50. The quantitative estimate of drug-likeness (QED) is 0.725. The summed E-state index contributed by atoms with van der Waals surface area (Å²) >= 11 is 0. The van der Waals surface area contributed by atoms with Gasteiger partial charge in [-0.1, -0.05) is 0 Å². The predicted molar refractivity (Wildman–Crippen MR) is 54.2 cm³/mol. The number of hydrogen-bond donors (Lipinski definition) is 1. The second kappa shape index (κ2) is 2.87. The molecule has 0 radical (unpaired) electrons. The second-order valence-corrected chi connectivity index (χ2v) is 3.42. The van der Waals surface area contributed by atoms with Crippen molar-refractivity contribution in [3.8, 4) is 5.82 Å². The molecule has 0 amide bonds. The lowest BCUT2D eigenvalue weighted by molar-refractivity contribution is 0.721. The fourth-order valence-corrected chi connectivity index (χ4v) is 1.50. The molecule has 0 fully saturated rings. The topological polar surface area (TPSA) is 61.7 Å². The van der Waals surface area contributed by atoms with Crippen molar-refractivity contribution < 1.29 is 0 Å². The van der Waals surface area contributed by atoms with Crippen molar-refractivity contribution in [1.82, 2.24) is 19.6 Å². The molecule has 0 saturated heterocycles. The van der Waals surface area contributed by atoms with Gasteiger partial charge in [0.25, 0.3) is 0 Å². The van der Waals surface area contributed by atoms with Crippen LogP contribution in [0.3, 0.4) is 0 Å².